The molecule has 1 aliphatic carbocycles. The van der Waals surface area contributed by atoms with Crippen molar-refractivity contribution in [2.45, 2.75) is 65.4 Å². The molecule has 0 bridgehead atoms. The Hall–Kier alpha value is -0.0800. The van der Waals surface area contributed by atoms with Crippen LogP contribution in [0.1, 0.15) is 59.8 Å². The average Bonchev–Trinajstić information content (AvgIpc) is 1.96. The van der Waals surface area contributed by atoms with Crippen molar-refractivity contribution in [3.63, 3.8) is 0 Å². The van der Waals surface area contributed by atoms with Crippen molar-refractivity contribution in [2.75, 3.05) is 13.7 Å². The molecule has 0 aliphatic heterocycles. The second kappa shape index (κ2) is 4.66. The highest BCUT2D eigenvalue weighted by molar-refractivity contribution is 4.97. The summed E-state index contributed by atoms with van der Waals surface area (Å²) in [4.78, 5) is 0. The maximum absolute atomic E-state index is 10.7. The van der Waals surface area contributed by atoms with Crippen molar-refractivity contribution in [1.29, 1.82) is 0 Å². The van der Waals surface area contributed by atoms with Gasteiger partial charge in [0.2, 0.25) is 0 Å². The summed E-state index contributed by atoms with van der Waals surface area (Å²) >= 11 is 0. The van der Waals surface area contributed by atoms with E-state index in [0.717, 1.165) is 32.3 Å². The smallest absolute Gasteiger partial charge is 0.0658 e. The molecule has 0 spiro atoms. The summed E-state index contributed by atoms with van der Waals surface area (Å²) in [6.45, 7) is 9.85. The lowest BCUT2D eigenvalue weighted by molar-refractivity contribution is -0.0932. The fraction of sp³-hybridized carbons (Fsp3) is 1.00. The first-order valence-corrected chi connectivity index (χ1v) is 6.40. The van der Waals surface area contributed by atoms with Crippen LogP contribution in [0.25, 0.3) is 0 Å². The van der Waals surface area contributed by atoms with E-state index in [4.69, 9.17) is 4.74 Å². The highest BCUT2D eigenvalue weighted by Gasteiger charge is 2.45. The van der Waals surface area contributed by atoms with Crippen molar-refractivity contribution < 1.29 is 9.84 Å². The molecule has 2 nitrogen and oxygen atoms in total. The lowest BCUT2D eigenvalue weighted by Crippen LogP contribution is -2.46. The average molecular weight is 228 g/mol. The van der Waals surface area contributed by atoms with E-state index in [9.17, 15) is 5.11 Å². The zero-order valence-electron chi connectivity index (χ0n) is 11.6. The van der Waals surface area contributed by atoms with Crippen LogP contribution in [0.4, 0.5) is 0 Å². The summed E-state index contributed by atoms with van der Waals surface area (Å²) in [5.41, 5.74) is 0.0247. The van der Waals surface area contributed by atoms with E-state index in [2.05, 4.69) is 27.7 Å². The molecule has 0 amide bonds. The number of aliphatic hydroxyl groups is 1. The first-order valence-electron chi connectivity index (χ1n) is 6.40. The Kier molecular flexibility index (Phi) is 4.07. The minimum atomic E-state index is -0.482. The Bertz CT molecular complexity index is 215. The maximum Gasteiger partial charge on any atom is 0.0658 e. The first-order chi connectivity index (χ1) is 7.18. The molecule has 16 heavy (non-hydrogen) atoms. The van der Waals surface area contributed by atoms with E-state index in [1.165, 1.54) is 6.42 Å². The van der Waals surface area contributed by atoms with Gasteiger partial charge in [-0.25, -0.2) is 0 Å². The normalized spacial score (nSPS) is 26.6. The Balaban J connectivity index is 2.64. The monoisotopic (exact) mass is 228 g/mol. The van der Waals surface area contributed by atoms with Crippen molar-refractivity contribution in [1.82, 2.24) is 0 Å². The fourth-order valence-corrected chi connectivity index (χ4v) is 3.99. The summed E-state index contributed by atoms with van der Waals surface area (Å²) < 4.78 is 5.07. The van der Waals surface area contributed by atoms with Gasteiger partial charge in [0.15, 0.2) is 0 Å². The van der Waals surface area contributed by atoms with Gasteiger partial charge in [-0.3, -0.25) is 0 Å². The predicted octanol–water partition coefficient (Wildman–Crippen LogP) is 3.38. The third-order valence-electron chi connectivity index (χ3n) is 3.56. The second-order valence-electron chi connectivity index (χ2n) is 7.18. The molecular weight excluding hydrogens is 200 g/mol. The van der Waals surface area contributed by atoms with Gasteiger partial charge in [-0.05, 0) is 42.9 Å². The second-order valence-corrected chi connectivity index (χ2v) is 7.18. The molecule has 1 rings (SSSR count). The molecule has 0 aromatic heterocycles. The molecule has 0 aromatic rings. The standard InChI is InChI=1S/C14H28O2/c1-12(2)9-13(3,4)11-14(15,10-12)7-6-8-16-5/h15H,6-11H2,1-5H3. The van der Waals surface area contributed by atoms with Gasteiger partial charge in [0, 0.05) is 13.7 Å². The van der Waals surface area contributed by atoms with Gasteiger partial charge >= 0.3 is 0 Å². The van der Waals surface area contributed by atoms with Gasteiger partial charge in [0.25, 0.3) is 0 Å². The summed E-state index contributed by atoms with van der Waals surface area (Å²) in [6, 6.07) is 0. The molecule has 0 unspecified atom stereocenters. The highest BCUT2D eigenvalue weighted by Crippen LogP contribution is 2.51. The van der Waals surface area contributed by atoms with Crippen LogP contribution >= 0.6 is 0 Å². The third-order valence-corrected chi connectivity index (χ3v) is 3.56. The molecule has 1 N–H and O–H groups in total. The SMILES string of the molecule is COCCCC1(O)CC(C)(C)CC(C)(C)C1. The number of methoxy groups -OCH3 is 1. The minimum absolute atomic E-state index is 0.254. The number of hydrogen-bond acceptors (Lipinski definition) is 2. The van der Waals surface area contributed by atoms with E-state index in [1.54, 1.807) is 7.11 Å². The maximum atomic E-state index is 10.7. The summed E-state index contributed by atoms with van der Waals surface area (Å²) in [6.07, 6.45) is 4.87. The van der Waals surface area contributed by atoms with Crippen LogP contribution in [-0.2, 0) is 4.74 Å². The molecule has 0 heterocycles. The van der Waals surface area contributed by atoms with Gasteiger partial charge in [-0.1, -0.05) is 27.7 Å². The molecule has 1 aliphatic rings. The van der Waals surface area contributed by atoms with E-state index >= 15 is 0 Å². The van der Waals surface area contributed by atoms with Gasteiger partial charge in [0.05, 0.1) is 5.60 Å². The summed E-state index contributed by atoms with van der Waals surface area (Å²) in [7, 11) is 1.72. The van der Waals surface area contributed by atoms with Crippen LogP contribution in [0.5, 0.6) is 0 Å². The molecule has 2 heteroatoms. The zero-order valence-corrected chi connectivity index (χ0v) is 11.6. The quantitative estimate of drug-likeness (QED) is 0.747. The van der Waals surface area contributed by atoms with Gasteiger partial charge in [0.1, 0.15) is 0 Å². The molecule has 96 valence electrons. The van der Waals surface area contributed by atoms with Crippen LogP contribution in [0.3, 0.4) is 0 Å². The topological polar surface area (TPSA) is 29.5 Å². The van der Waals surface area contributed by atoms with Gasteiger partial charge in [-0.15, -0.1) is 0 Å². The molecule has 1 saturated carbocycles. The van der Waals surface area contributed by atoms with Crippen LogP contribution in [0.15, 0.2) is 0 Å². The highest BCUT2D eigenvalue weighted by atomic mass is 16.5. The number of rotatable bonds is 4. The minimum Gasteiger partial charge on any atom is -0.390 e. The largest absolute Gasteiger partial charge is 0.390 e. The predicted molar refractivity (Wildman–Crippen MR) is 67.5 cm³/mol. The molecule has 0 radical (unpaired) electrons. The van der Waals surface area contributed by atoms with E-state index in [-0.39, 0.29) is 10.8 Å². The fourth-order valence-electron chi connectivity index (χ4n) is 3.99. The third kappa shape index (κ3) is 4.06. The Morgan fingerprint density at radius 2 is 1.50 bits per heavy atom. The number of hydrogen-bond donors (Lipinski definition) is 1. The Labute approximate surface area is 100 Å². The zero-order chi connectivity index (χ0) is 12.4. The van der Waals surface area contributed by atoms with Crippen LogP contribution < -0.4 is 0 Å². The molecule has 0 saturated heterocycles. The first kappa shape index (κ1) is 14.0. The van der Waals surface area contributed by atoms with Crippen LogP contribution in [0, 0.1) is 10.8 Å². The molecule has 1 fully saturated rings. The van der Waals surface area contributed by atoms with E-state index < -0.39 is 5.60 Å². The van der Waals surface area contributed by atoms with E-state index in [1.807, 2.05) is 0 Å². The van der Waals surface area contributed by atoms with Crippen molar-refractivity contribution >= 4 is 0 Å². The van der Waals surface area contributed by atoms with Crippen LogP contribution in [-0.4, -0.2) is 24.4 Å². The lowest BCUT2D eigenvalue weighted by Gasteiger charge is -2.49. The van der Waals surface area contributed by atoms with Crippen LogP contribution in [0.2, 0.25) is 0 Å². The molecular formula is C14H28O2. The summed E-state index contributed by atoms with van der Waals surface area (Å²) in [5, 5.41) is 10.7. The molecule has 0 aromatic carbocycles. The van der Waals surface area contributed by atoms with Crippen molar-refractivity contribution in [3.05, 3.63) is 0 Å². The lowest BCUT2D eigenvalue weighted by atomic mass is 9.59. The van der Waals surface area contributed by atoms with Gasteiger partial charge in [-0.2, -0.15) is 0 Å². The van der Waals surface area contributed by atoms with Crippen molar-refractivity contribution in [2.24, 2.45) is 10.8 Å². The molecule has 0 atom stereocenters. The van der Waals surface area contributed by atoms with E-state index in [0.29, 0.717) is 0 Å². The van der Waals surface area contributed by atoms with Crippen molar-refractivity contribution in [3.8, 4) is 0 Å². The number of ether oxygens (including phenoxy) is 1. The Morgan fingerprint density at radius 1 is 1.00 bits per heavy atom. The Morgan fingerprint density at radius 3 is 1.94 bits per heavy atom. The summed E-state index contributed by atoms with van der Waals surface area (Å²) in [5.74, 6) is 0. The van der Waals surface area contributed by atoms with Gasteiger partial charge < -0.3 is 9.84 Å².